The Morgan fingerprint density at radius 1 is 1.11 bits per heavy atom. The average Bonchev–Trinajstić information content (AvgIpc) is 3.53. The Morgan fingerprint density at radius 3 is 2.47 bits per heavy atom. The molecule has 5 rings (SSSR count). The van der Waals surface area contributed by atoms with Gasteiger partial charge in [0.05, 0.1) is 6.61 Å². The van der Waals surface area contributed by atoms with Crippen LogP contribution in [0.1, 0.15) is 51.2 Å². The van der Waals surface area contributed by atoms with Crippen LogP contribution in [0.25, 0.3) is 11.2 Å². The standard InChI is InChI=1S/C26H36N6O5Si/c1-6-38(7-2,8-3)34-14-17-19-20(37-26(4,5)36-19)24(35-17)32-22-18(30-25(32)27)21(28-15-29-22)31-23(33)16-12-10-9-11-13-16/h9-13,15,17,19-20,24H,6-8,14H2,1-5H3,(H2,27,30)(H,28,29,31,33)/t17-,19-,20-,24-/m1/s1. The molecule has 2 aliphatic heterocycles. The first-order valence-electron chi connectivity index (χ1n) is 13.2. The van der Waals surface area contributed by atoms with Crippen LogP contribution in [-0.4, -0.2) is 64.4 Å². The molecule has 12 heteroatoms. The lowest BCUT2D eigenvalue weighted by molar-refractivity contribution is -0.198. The van der Waals surface area contributed by atoms with Crippen LogP contribution in [0.15, 0.2) is 36.7 Å². The highest BCUT2D eigenvalue weighted by molar-refractivity contribution is 6.73. The second kappa shape index (κ2) is 10.3. The van der Waals surface area contributed by atoms with Crippen LogP contribution in [-0.2, 0) is 18.6 Å². The Balaban J connectivity index is 1.45. The fourth-order valence-electron chi connectivity index (χ4n) is 5.35. The van der Waals surface area contributed by atoms with Crippen molar-refractivity contribution in [1.82, 2.24) is 19.5 Å². The van der Waals surface area contributed by atoms with Crippen LogP contribution < -0.4 is 11.1 Å². The van der Waals surface area contributed by atoms with Gasteiger partial charge in [-0.15, -0.1) is 0 Å². The molecule has 3 N–H and O–H groups in total. The van der Waals surface area contributed by atoms with Crippen molar-refractivity contribution < 1.29 is 23.4 Å². The fraction of sp³-hybridized carbons (Fsp3) is 0.538. The molecule has 2 aromatic heterocycles. The highest BCUT2D eigenvalue weighted by Crippen LogP contribution is 2.45. The molecule has 3 aromatic rings. The van der Waals surface area contributed by atoms with E-state index < -0.39 is 26.4 Å². The van der Waals surface area contributed by atoms with Crippen LogP contribution >= 0.6 is 0 Å². The second-order valence-corrected chi connectivity index (χ2v) is 15.0. The molecule has 38 heavy (non-hydrogen) atoms. The van der Waals surface area contributed by atoms with Gasteiger partial charge in [-0.05, 0) is 44.1 Å². The van der Waals surface area contributed by atoms with Crippen LogP contribution in [0, 0.1) is 0 Å². The zero-order chi connectivity index (χ0) is 27.1. The van der Waals surface area contributed by atoms with Gasteiger partial charge in [0.2, 0.25) is 5.95 Å². The molecule has 4 atom stereocenters. The van der Waals surface area contributed by atoms with Gasteiger partial charge in [-0.1, -0.05) is 39.0 Å². The SMILES string of the molecule is CC[Si](CC)(CC)OC[C@H]1O[C@@H](n2c(N)nc3c(NC(=O)c4ccccc4)ncnc32)[C@@H]2OC(C)(C)O[C@@H]21. The molecule has 0 spiro atoms. The number of imidazole rings is 1. The maximum atomic E-state index is 12.8. The van der Waals surface area contributed by atoms with E-state index in [2.05, 4.69) is 41.0 Å². The Hall–Kier alpha value is -2.90. The lowest BCUT2D eigenvalue weighted by Crippen LogP contribution is -2.41. The number of ether oxygens (including phenoxy) is 3. The molecule has 1 aromatic carbocycles. The van der Waals surface area contributed by atoms with Gasteiger partial charge in [0.15, 0.2) is 37.3 Å². The first-order chi connectivity index (χ1) is 18.2. The van der Waals surface area contributed by atoms with Crippen molar-refractivity contribution in [2.45, 2.75) is 83.1 Å². The predicted molar refractivity (Wildman–Crippen MR) is 145 cm³/mol. The van der Waals surface area contributed by atoms with Gasteiger partial charge in [0.1, 0.15) is 24.6 Å². The van der Waals surface area contributed by atoms with Crippen molar-refractivity contribution >= 4 is 37.2 Å². The van der Waals surface area contributed by atoms with Crippen molar-refractivity contribution in [3.8, 4) is 0 Å². The first-order valence-corrected chi connectivity index (χ1v) is 15.7. The summed E-state index contributed by atoms with van der Waals surface area (Å²) in [5, 5.41) is 2.82. The minimum atomic E-state index is -1.84. The summed E-state index contributed by atoms with van der Waals surface area (Å²) in [4.78, 5) is 26.0. The largest absolute Gasteiger partial charge is 0.414 e. The van der Waals surface area contributed by atoms with Crippen molar-refractivity contribution in [3.05, 3.63) is 42.2 Å². The summed E-state index contributed by atoms with van der Waals surface area (Å²) in [5.41, 5.74) is 7.71. The van der Waals surface area contributed by atoms with E-state index in [1.165, 1.54) is 6.33 Å². The maximum Gasteiger partial charge on any atom is 0.256 e. The molecule has 1 amide bonds. The molecule has 0 radical (unpaired) electrons. The number of carbonyl (C=O) groups excluding carboxylic acids is 1. The molecule has 0 bridgehead atoms. The zero-order valence-electron chi connectivity index (χ0n) is 22.5. The Labute approximate surface area is 223 Å². The monoisotopic (exact) mass is 540 g/mol. The van der Waals surface area contributed by atoms with Crippen molar-refractivity contribution in [2.75, 3.05) is 17.7 Å². The Morgan fingerprint density at radius 2 is 1.79 bits per heavy atom. The molecule has 0 unspecified atom stereocenters. The van der Waals surface area contributed by atoms with Gasteiger partial charge >= 0.3 is 0 Å². The van der Waals surface area contributed by atoms with Crippen molar-refractivity contribution in [1.29, 1.82) is 0 Å². The number of anilines is 2. The van der Waals surface area contributed by atoms with E-state index >= 15 is 0 Å². The third-order valence-corrected chi connectivity index (χ3v) is 12.3. The third kappa shape index (κ3) is 4.82. The number of nitrogen functional groups attached to an aromatic ring is 1. The van der Waals surface area contributed by atoms with E-state index in [9.17, 15) is 4.79 Å². The van der Waals surface area contributed by atoms with Gasteiger partial charge in [0, 0.05) is 5.56 Å². The molecule has 0 saturated carbocycles. The normalized spacial score (nSPS) is 24.6. The highest BCUT2D eigenvalue weighted by Gasteiger charge is 2.57. The molecule has 2 saturated heterocycles. The van der Waals surface area contributed by atoms with Crippen LogP contribution in [0.3, 0.4) is 0 Å². The van der Waals surface area contributed by atoms with Gasteiger partial charge in [-0.3, -0.25) is 9.36 Å². The van der Waals surface area contributed by atoms with Crippen LogP contribution in [0.4, 0.5) is 11.8 Å². The number of aromatic nitrogens is 4. The zero-order valence-corrected chi connectivity index (χ0v) is 23.5. The number of nitrogens with one attached hydrogen (secondary N) is 1. The first kappa shape index (κ1) is 26.7. The summed E-state index contributed by atoms with van der Waals surface area (Å²) in [6.07, 6.45) is -0.416. The van der Waals surface area contributed by atoms with E-state index in [0.29, 0.717) is 23.3 Å². The minimum Gasteiger partial charge on any atom is -0.414 e. The maximum absolute atomic E-state index is 12.8. The lowest BCUT2D eigenvalue weighted by Gasteiger charge is -2.31. The van der Waals surface area contributed by atoms with Gasteiger partial charge in [-0.25, -0.2) is 15.0 Å². The number of nitrogens with two attached hydrogens (primary N) is 1. The van der Waals surface area contributed by atoms with E-state index in [4.69, 9.17) is 24.4 Å². The van der Waals surface area contributed by atoms with E-state index in [0.717, 1.165) is 18.1 Å². The molecule has 11 nitrogen and oxygen atoms in total. The quantitative estimate of drug-likeness (QED) is 0.384. The highest BCUT2D eigenvalue weighted by atomic mass is 28.4. The predicted octanol–water partition coefficient (Wildman–Crippen LogP) is 4.10. The number of rotatable bonds is 9. The number of hydrogen-bond acceptors (Lipinski definition) is 9. The van der Waals surface area contributed by atoms with Crippen LogP contribution in [0.5, 0.6) is 0 Å². The second-order valence-electron chi connectivity index (χ2n) is 10.2. The van der Waals surface area contributed by atoms with E-state index in [1.807, 2.05) is 19.9 Å². The molecule has 0 aliphatic carbocycles. The van der Waals surface area contributed by atoms with Crippen molar-refractivity contribution in [3.63, 3.8) is 0 Å². The van der Waals surface area contributed by atoms with E-state index in [1.54, 1.807) is 28.8 Å². The average molecular weight is 541 g/mol. The summed E-state index contributed by atoms with van der Waals surface area (Å²) in [5.74, 6) is -0.664. The summed E-state index contributed by atoms with van der Waals surface area (Å²) in [7, 11) is -1.84. The van der Waals surface area contributed by atoms with Gasteiger partial charge in [-0.2, -0.15) is 0 Å². The smallest absolute Gasteiger partial charge is 0.256 e. The molecular weight excluding hydrogens is 504 g/mol. The Bertz CT molecular complexity index is 1290. The number of carbonyl (C=O) groups is 1. The number of hydrogen-bond donors (Lipinski definition) is 2. The lowest BCUT2D eigenvalue weighted by atomic mass is 10.1. The summed E-state index contributed by atoms with van der Waals surface area (Å²) in [6.45, 7) is 10.8. The van der Waals surface area contributed by atoms with Crippen molar-refractivity contribution in [2.24, 2.45) is 0 Å². The topological polar surface area (TPSA) is 136 Å². The summed E-state index contributed by atoms with van der Waals surface area (Å²) >= 11 is 0. The van der Waals surface area contributed by atoms with E-state index in [-0.39, 0.29) is 29.9 Å². The molecule has 2 fully saturated rings. The third-order valence-electron chi connectivity index (χ3n) is 7.64. The number of amides is 1. The fourth-order valence-corrected chi connectivity index (χ4v) is 7.98. The molecular formula is C26H36N6O5Si. The van der Waals surface area contributed by atoms with Crippen LogP contribution in [0.2, 0.25) is 18.1 Å². The molecule has 204 valence electrons. The number of fused-ring (bicyclic) bond motifs is 2. The molecule has 4 heterocycles. The minimum absolute atomic E-state index is 0.175. The van der Waals surface area contributed by atoms with Gasteiger partial charge in [0.25, 0.3) is 5.91 Å². The summed E-state index contributed by atoms with van der Waals surface area (Å²) in [6, 6.07) is 12.0. The molecule has 2 aliphatic rings. The number of nitrogens with zero attached hydrogens (tertiary/aromatic N) is 4. The Kier molecular flexibility index (Phi) is 7.26. The summed E-state index contributed by atoms with van der Waals surface area (Å²) < 4.78 is 27.4. The number of benzene rings is 1. The van der Waals surface area contributed by atoms with Gasteiger partial charge < -0.3 is 29.7 Å².